The van der Waals surface area contributed by atoms with Crippen LogP contribution in [0, 0.1) is 12.8 Å². The molecule has 0 saturated heterocycles. The summed E-state index contributed by atoms with van der Waals surface area (Å²) in [6, 6.07) is 3.72. The molecule has 0 aliphatic heterocycles. The number of hydrogen-bond acceptors (Lipinski definition) is 2. The lowest BCUT2D eigenvalue weighted by Crippen LogP contribution is -2.11. The zero-order chi connectivity index (χ0) is 13.3. The molecule has 1 unspecified atom stereocenters. The number of carboxylic acids is 1. The zero-order valence-corrected chi connectivity index (χ0v) is 11.3. The lowest BCUT2D eigenvalue weighted by atomic mass is 9.87. The van der Waals surface area contributed by atoms with Gasteiger partial charge in [0.05, 0.1) is 18.6 Å². The van der Waals surface area contributed by atoms with E-state index >= 15 is 0 Å². The minimum atomic E-state index is -0.770. The van der Waals surface area contributed by atoms with Crippen molar-refractivity contribution in [2.75, 3.05) is 7.11 Å². The van der Waals surface area contributed by atoms with E-state index in [9.17, 15) is 4.79 Å². The van der Waals surface area contributed by atoms with E-state index in [0.29, 0.717) is 16.7 Å². The number of methoxy groups -OCH3 is 1. The highest BCUT2D eigenvalue weighted by Crippen LogP contribution is 2.49. The van der Waals surface area contributed by atoms with Crippen molar-refractivity contribution in [3.8, 4) is 5.75 Å². The van der Waals surface area contributed by atoms with Gasteiger partial charge in [0.15, 0.2) is 0 Å². The van der Waals surface area contributed by atoms with Crippen LogP contribution >= 0.6 is 11.6 Å². The summed E-state index contributed by atoms with van der Waals surface area (Å²) in [5, 5.41) is 9.62. The summed E-state index contributed by atoms with van der Waals surface area (Å²) in [6.07, 6.45) is 2.32. The molecular weight excluding hydrogens is 252 g/mol. The first-order chi connectivity index (χ1) is 8.54. The molecule has 1 aliphatic rings. The average molecular weight is 269 g/mol. The number of ether oxygens (including phenoxy) is 1. The van der Waals surface area contributed by atoms with E-state index in [0.717, 1.165) is 24.0 Å². The molecule has 1 aromatic rings. The summed E-state index contributed by atoms with van der Waals surface area (Å²) in [6.45, 7) is 1.98. The molecule has 0 spiro atoms. The van der Waals surface area contributed by atoms with Gasteiger partial charge in [-0.15, -0.1) is 0 Å². The molecule has 1 N–H and O–H groups in total. The summed E-state index contributed by atoms with van der Waals surface area (Å²) in [7, 11) is 1.58. The van der Waals surface area contributed by atoms with Crippen LogP contribution in [0.15, 0.2) is 12.1 Å². The molecule has 0 bridgehead atoms. The Morgan fingerprint density at radius 1 is 1.56 bits per heavy atom. The molecule has 1 fully saturated rings. The predicted octanol–water partition coefficient (Wildman–Crippen LogP) is 3.63. The summed E-state index contributed by atoms with van der Waals surface area (Å²) in [5.41, 5.74) is 2.02. The first kappa shape index (κ1) is 13.2. The van der Waals surface area contributed by atoms with Crippen molar-refractivity contribution in [2.45, 2.75) is 32.1 Å². The molecule has 2 rings (SSSR count). The standard InChI is InChI=1S/C14H17ClO3/c1-8-3-6-11(15)14(18-2)13(8)10(7-12(16)17)9-4-5-9/h3,6,9-10H,4-5,7H2,1-2H3,(H,16,17). The van der Waals surface area contributed by atoms with Gasteiger partial charge in [-0.25, -0.2) is 0 Å². The van der Waals surface area contributed by atoms with Gasteiger partial charge in [0, 0.05) is 11.5 Å². The Morgan fingerprint density at radius 3 is 2.72 bits per heavy atom. The van der Waals surface area contributed by atoms with E-state index < -0.39 is 5.97 Å². The Labute approximate surface area is 112 Å². The van der Waals surface area contributed by atoms with Crippen molar-refractivity contribution in [1.82, 2.24) is 0 Å². The van der Waals surface area contributed by atoms with Crippen molar-refractivity contribution < 1.29 is 14.6 Å². The Morgan fingerprint density at radius 2 is 2.22 bits per heavy atom. The smallest absolute Gasteiger partial charge is 0.303 e. The molecule has 98 valence electrons. The number of halogens is 1. The van der Waals surface area contributed by atoms with Gasteiger partial charge in [-0.05, 0) is 37.3 Å². The zero-order valence-electron chi connectivity index (χ0n) is 10.6. The maximum absolute atomic E-state index is 11.0. The number of rotatable bonds is 5. The Kier molecular flexibility index (Phi) is 3.81. The first-order valence-corrected chi connectivity index (χ1v) is 6.47. The third-order valence-electron chi connectivity index (χ3n) is 3.53. The fourth-order valence-corrected chi connectivity index (χ4v) is 2.77. The van der Waals surface area contributed by atoms with Crippen LogP contribution in [0.2, 0.25) is 5.02 Å². The number of aryl methyl sites for hydroxylation is 1. The van der Waals surface area contributed by atoms with E-state index in [-0.39, 0.29) is 12.3 Å². The Hall–Kier alpha value is -1.22. The van der Waals surface area contributed by atoms with Crippen LogP contribution in [0.25, 0.3) is 0 Å². The summed E-state index contributed by atoms with van der Waals surface area (Å²) in [4.78, 5) is 11.0. The van der Waals surface area contributed by atoms with Crippen molar-refractivity contribution in [3.63, 3.8) is 0 Å². The lowest BCUT2D eigenvalue weighted by molar-refractivity contribution is -0.137. The van der Waals surface area contributed by atoms with Crippen LogP contribution in [0.4, 0.5) is 0 Å². The quantitative estimate of drug-likeness (QED) is 0.887. The number of benzene rings is 1. The van der Waals surface area contributed by atoms with Gasteiger partial charge >= 0.3 is 5.97 Å². The van der Waals surface area contributed by atoms with Gasteiger partial charge in [0.2, 0.25) is 0 Å². The molecule has 0 radical (unpaired) electrons. The SMILES string of the molecule is COc1c(Cl)ccc(C)c1C(CC(=O)O)C1CC1. The van der Waals surface area contributed by atoms with Crippen LogP contribution in [-0.2, 0) is 4.79 Å². The molecule has 1 aromatic carbocycles. The molecule has 1 atom stereocenters. The molecule has 18 heavy (non-hydrogen) atoms. The number of carbonyl (C=O) groups is 1. The van der Waals surface area contributed by atoms with Gasteiger partial charge < -0.3 is 9.84 Å². The third kappa shape index (κ3) is 2.61. The summed E-state index contributed by atoms with van der Waals surface area (Å²) >= 11 is 6.13. The minimum absolute atomic E-state index is 0.0103. The van der Waals surface area contributed by atoms with Gasteiger partial charge in [-0.3, -0.25) is 4.79 Å². The number of aliphatic carboxylic acids is 1. The van der Waals surface area contributed by atoms with Gasteiger partial charge in [-0.1, -0.05) is 17.7 Å². The van der Waals surface area contributed by atoms with Gasteiger partial charge in [0.25, 0.3) is 0 Å². The Bertz CT molecular complexity index is 466. The molecule has 1 saturated carbocycles. The molecule has 0 amide bonds. The normalized spacial score (nSPS) is 16.4. The number of hydrogen-bond donors (Lipinski definition) is 1. The fraction of sp³-hybridized carbons (Fsp3) is 0.500. The van der Waals surface area contributed by atoms with Crippen molar-refractivity contribution in [3.05, 3.63) is 28.3 Å². The van der Waals surface area contributed by atoms with E-state index in [2.05, 4.69) is 0 Å². The topological polar surface area (TPSA) is 46.5 Å². The van der Waals surface area contributed by atoms with Crippen molar-refractivity contribution in [1.29, 1.82) is 0 Å². The molecule has 3 nitrogen and oxygen atoms in total. The minimum Gasteiger partial charge on any atom is -0.495 e. The van der Waals surface area contributed by atoms with Crippen LogP contribution < -0.4 is 4.74 Å². The first-order valence-electron chi connectivity index (χ1n) is 6.09. The molecule has 1 aliphatic carbocycles. The van der Waals surface area contributed by atoms with Crippen LogP contribution in [-0.4, -0.2) is 18.2 Å². The van der Waals surface area contributed by atoms with E-state index in [1.54, 1.807) is 13.2 Å². The second-order valence-corrected chi connectivity index (χ2v) is 5.26. The Balaban J connectivity index is 2.45. The monoisotopic (exact) mass is 268 g/mol. The van der Waals surface area contributed by atoms with Crippen molar-refractivity contribution in [2.24, 2.45) is 5.92 Å². The third-order valence-corrected chi connectivity index (χ3v) is 3.82. The molecule has 4 heteroatoms. The second-order valence-electron chi connectivity index (χ2n) is 4.85. The lowest BCUT2D eigenvalue weighted by Gasteiger charge is -2.21. The van der Waals surface area contributed by atoms with Crippen molar-refractivity contribution >= 4 is 17.6 Å². The van der Waals surface area contributed by atoms with Crippen LogP contribution in [0.1, 0.15) is 36.3 Å². The van der Waals surface area contributed by atoms with E-state index in [1.165, 1.54) is 0 Å². The maximum atomic E-state index is 11.0. The molecule has 0 heterocycles. The van der Waals surface area contributed by atoms with Gasteiger partial charge in [0.1, 0.15) is 5.75 Å². The second kappa shape index (κ2) is 5.19. The molecule has 0 aromatic heterocycles. The fourth-order valence-electron chi connectivity index (χ4n) is 2.53. The summed E-state index contributed by atoms with van der Waals surface area (Å²) in [5.74, 6) is 0.325. The van der Waals surface area contributed by atoms with Gasteiger partial charge in [-0.2, -0.15) is 0 Å². The summed E-state index contributed by atoms with van der Waals surface area (Å²) < 4.78 is 5.37. The highest BCUT2D eigenvalue weighted by Gasteiger charge is 2.36. The van der Waals surface area contributed by atoms with Crippen LogP contribution in [0.5, 0.6) is 5.75 Å². The van der Waals surface area contributed by atoms with E-state index in [4.69, 9.17) is 21.4 Å². The highest BCUT2D eigenvalue weighted by atomic mass is 35.5. The predicted molar refractivity (Wildman–Crippen MR) is 70.5 cm³/mol. The van der Waals surface area contributed by atoms with E-state index in [1.807, 2.05) is 13.0 Å². The molecular formula is C14H17ClO3. The largest absolute Gasteiger partial charge is 0.495 e. The number of carboxylic acid groups (broad SMARTS) is 1. The highest BCUT2D eigenvalue weighted by molar-refractivity contribution is 6.32. The average Bonchev–Trinajstić information content (AvgIpc) is 3.13. The maximum Gasteiger partial charge on any atom is 0.303 e. The van der Waals surface area contributed by atoms with Crippen LogP contribution in [0.3, 0.4) is 0 Å².